The molecule has 0 radical (unpaired) electrons. The van der Waals surface area contributed by atoms with Crippen molar-refractivity contribution in [2.45, 2.75) is 50.7 Å². The van der Waals surface area contributed by atoms with Crippen LogP contribution >= 0.6 is 0 Å². The third-order valence-corrected chi connectivity index (χ3v) is 4.98. The Morgan fingerprint density at radius 1 is 1.33 bits per heavy atom. The van der Waals surface area contributed by atoms with Gasteiger partial charge in [-0.2, -0.15) is 5.26 Å². The molecule has 1 N–H and O–H groups in total. The number of carbonyl (C=O) groups excluding carboxylic acids is 1. The number of hydrogen-bond acceptors (Lipinski definition) is 4. The minimum atomic E-state index is -0.716. The Morgan fingerprint density at radius 3 is 2.50 bits per heavy atom. The molecule has 2 aliphatic carbocycles. The lowest BCUT2D eigenvalue weighted by molar-refractivity contribution is -0.124. The van der Waals surface area contributed by atoms with Crippen molar-refractivity contribution in [2.24, 2.45) is 5.92 Å². The van der Waals surface area contributed by atoms with Crippen LogP contribution in [0, 0.1) is 17.2 Å². The molecule has 24 heavy (non-hydrogen) atoms. The Labute approximate surface area is 143 Å². The van der Waals surface area contributed by atoms with Gasteiger partial charge < -0.3 is 10.1 Å². The number of nitrogens with zero attached hydrogens (tertiary/aromatic N) is 2. The van der Waals surface area contributed by atoms with E-state index >= 15 is 0 Å². The first kappa shape index (κ1) is 16.8. The van der Waals surface area contributed by atoms with E-state index in [1.54, 1.807) is 7.11 Å². The minimum absolute atomic E-state index is 0.0497. The smallest absolute Gasteiger partial charge is 0.235 e. The second-order valence-electron chi connectivity index (χ2n) is 7.12. The molecule has 0 aromatic heterocycles. The summed E-state index contributed by atoms with van der Waals surface area (Å²) in [6.45, 7) is 2.93. The predicted molar refractivity (Wildman–Crippen MR) is 91.3 cm³/mol. The van der Waals surface area contributed by atoms with Crippen LogP contribution in [0.3, 0.4) is 0 Å². The second kappa shape index (κ2) is 6.82. The summed E-state index contributed by atoms with van der Waals surface area (Å²) in [6.07, 6.45) is 4.34. The van der Waals surface area contributed by atoms with Gasteiger partial charge in [-0.15, -0.1) is 0 Å². The number of ether oxygens (including phenoxy) is 1. The molecule has 0 bridgehead atoms. The molecular formula is C19H25N3O2. The number of hydrogen-bond donors (Lipinski definition) is 1. The first-order chi connectivity index (χ1) is 11.5. The van der Waals surface area contributed by atoms with Crippen LogP contribution in [0.2, 0.25) is 0 Å². The lowest BCUT2D eigenvalue weighted by Gasteiger charge is -2.26. The van der Waals surface area contributed by atoms with Gasteiger partial charge in [0, 0.05) is 12.6 Å². The molecule has 0 heterocycles. The topological polar surface area (TPSA) is 65.4 Å². The maximum Gasteiger partial charge on any atom is 0.235 e. The Balaban J connectivity index is 1.59. The third kappa shape index (κ3) is 4.07. The fraction of sp³-hybridized carbons (Fsp3) is 0.579. The number of nitrogens with one attached hydrogen (secondary N) is 1. The van der Waals surface area contributed by atoms with Crippen molar-refractivity contribution in [3.05, 3.63) is 29.8 Å². The number of benzene rings is 1. The minimum Gasteiger partial charge on any atom is -0.497 e. The van der Waals surface area contributed by atoms with Gasteiger partial charge in [0.2, 0.25) is 5.91 Å². The first-order valence-electron chi connectivity index (χ1n) is 8.63. The fourth-order valence-electron chi connectivity index (χ4n) is 3.11. The van der Waals surface area contributed by atoms with Gasteiger partial charge in [0.25, 0.3) is 0 Å². The average molecular weight is 327 g/mol. The molecule has 5 heteroatoms. The molecule has 1 aromatic carbocycles. The van der Waals surface area contributed by atoms with Crippen LogP contribution < -0.4 is 10.1 Å². The van der Waals surface area contributed by atoms with E-state index in [1.807, 2.05) is 31.2 Å². The van der Waals surface area contributed by atoms with Crippen molar-refractivity contribution >= 4 is 5.91 Å². The maximum absolute atomic E-state index is 12.5. The van der Waals surface area contributed by atoms with Gasteiger partial charge in [-0.25, -0.2) is 0 Å². The third-order valence-electron chi connectivity index (χ3n) is 4.98. The van der Waals surface area contributed by atoms with Gasteiger partial charge in [-0.05, 0) is 56.2 Å². The highest BCUT2D eigenvalue weighted by Gasteiger charge is 2.43. The van der Waals surface area contributed by atoms with Crippen molar-refractivity contribution in [1.29, 1.82) is 5.26 Å². The van der Waals surface area contributed by atoms with E-state index in [2.05, 4.69) is 16.3 Å². The van der Waals surface area contributed by atoms with E-state index < -0.39 is 5.54 Å². The maximum atomic E-state index is 12.5. The summed E-state index contributed by atoms with van der Waals surface area (Å²) in [5.41, 5.74) is 0.451. The lowest BCUT2D eigenvalue weighted by Crippen LogP contribution is -2.50. The normalized spacial score (nSPS) is 19.4. The number of carbonyl (C=O) groups is 1. The van der Waals surface area contributed by atoms with E-state index in [9.17, 15) is 10.1 Å². The highest BCUT2D eigenvalue weighted by molar-refractivity contribution is 5.79. The highest BCUT2D eigenvalue weighted by atomic mass is 16.5. The molecule has 1 atom stereocenters. The Morgan fingerprint density at radius 2 is 2.00 bits per heavy atom. The number of rotatable bonds is 8. The number of amides is 1. The summed E-state index contributed by atoms with van der Waals surface area (Å²) in [6, 6.07) is 10.7. The van der Waals surface area contributed by atoms with E-state index in [0.717, 1.165) is 38.0 Å². The van der Waals surface area contributed by atoms with Crippen LogP contribution in [0.1, 0.15) is 38.2 Å². The van der Waals surface area contributed by atoms with E-state index in [0.29, 0.717) is 18.5 Å². The molecule has 0 spiro atoms. The van der Waals surface area contributed by atoms with Crippen LogP contribution in [0.15, 0.2) is 24.3 Å². The Bertz CT molecular complexity index is 629. The van der Waals surface area contributed by atoms with Gasteiger partial charge in [-0.1, -0.05) is 12.1 Å². The lowest BCUT2D eigenvalue weighted by atomic mass is 9.98. The number of methoxy groups -OCH3 is 1. The Kier molecular flexibility index (Phi) is 4.77. The fourth-order valence-corrected chi connectivity index (χ4v) is 3.11. The van der Waals surface area contributed by atoms with Crippen molar-refractivity contribution in [2.75, 3.05) is 13.7 Å². The zero-order valence-corrected chi connectivity index (χ0v) is 14.4. The molecule has 5 nitrogen and oxygen atoms in total. The van der Waals surface area contributed by atoms with Crippen molar-refractivity contribution in [3.8, 4) is 11.8 Å². The molecule has 3 rings (SSSR count). The second-order valence-corrected chi connectivity index (χ2v) is 7.12. The molecule has 1 unspecified atom stereocenters. The summed E-state index contributed by atoms with van der Waals surface area (Å²) in [5.74, 6) is 1.09. The van der Waals surface area contributed by atoms with Gasteiger partial charge in [0.05, 0.1) is 19.7 Å². The van der Waals surface area contributed by atoms with Crippen molar-refractivity contribution in [1.82, 2.24) is 10.2 Å². The van der Waals surface area contributed by atoms with Crippen LogP contribution in [0.4, 0.5) is 0 Å². The van der Waals surface area contributed by atoms with E-state index in [4.69, 9.17) is 4.74 Å². The molecular weight excluding hydrogens is 302 g/mol. The average Bonchev–Trinajstić information content (AvgIpc) is 3.46. The largest absolute Gasteiger partial charge is 0.497 e. The zero-order chi connectivity index (χ0) is 17.2. The molecule has 2 saturated carbocycles. The monoisotopic (exact) mass is 327 g/mol. The van der Waals surface area contributed by atoms with Crippen molar-refractivity contribution in [3.63, 3.8) is 0 Å². The number of nitriles is 1. The molecule has 2 fully saturated rings. The van der Waals surface area contributed by atoms with Crippen molar-refractivity contribution < 1.29 is 9.53 Å². The van der Waals surface area contributed by atoms with Gasteiger partial charge >= 0.3 is 0 Å². The standard InChI is InChI=1S/C19H25N3O2/c1-19(13-20,15-5-6-15)21-18(23)12-22(16-7-8-16)11-14-3-9-17(24-2)10-4-14/h3-4,9-10,15-16H,5-8,11-12H2,1-2H3,(H,21,23). The Hall–Kier alpha value is -2.06. The SMILES string of the molecule is COc1ccc(CN(CC(=O)NC(C)(C#N)C2CC2)C2CC2)cc1. The summed E-state index contributed by atoms with van der Waals surface area (Å²) < 4.78 is 5.19. The summed E-state index contributed by atoms with van der Waals surface area (Å²) in [5, 5.41) is 12.4. The van der Waals surface area contributed by atoms with Crippen LogP contribution in [-0.4, -0.2) is 36.0 Å². The van der Waals surface area contributed by atoms with Gasteiger partial charge in [-0.3, -0.25) is 9.69 Å². The molecule has 1 aromatic rings. The molecule has 2 aliphatic rings. The zero-order valence-electron chi connectivity index (χ0n) is 14.4. The van der Waals surface area contributed by atoms with Crippen LogP contribution in [0.25, 0.3) is 0 Å². The molecule has 128 valence electrons. The summed E-state index contributed by atoms with van der Waals surface area (Å²) in [7, 11) is 1.65. The van der Waals surface area contributed by atoms with E-state index in [1.165, 1.54) is 5.56 Å². The summed E-state index contributed by atoms with van der Waals surface area (Å²) >= 11 is 0. The molecule has 0 aliphatic heterocycles. The quantitative estimate of drug-likeness (QED) is 0.796. The highest BCUT2D eigenvalue weighted by Crippen LogP contribution is 2.39. The predicted octanol–water partition coefficient (Wildman–Crippen LogP) is 2.47. The molecule has 1 amide bonds. The van der Waals surface area contributed by atoms with Crippen LogP contribution in [-0.2, 0) is 11.3 Å². The first-order valence-corrected chi connectivity index (χ1v) is 8.63. The van der Waals surface area contributed by atoms with Crippen LogP contribution in [0.5, 0.6) is 5.75 Å². The van der Waals surface area contributed by atoms with Gasteiger partial charge in [0.15, 0.2) is 0 Å². The molecule has 0 saturated heterocycles. The van der Waals surface area contributed by atoms with Gasteiger partial charge in [0.1, 0.15) is 11.3 Å². The summed E-state index contributed by atoms with van der Waals surface area (Å²) in [4.78, 5) is 14.7. The van der Waals surface area contributed by atoms with E-state index in [-0.39, 0.29) is 5.91 Å².